The molecule has 1 saturated heterocycles. The molecule has 1 aromatic heterocycles. The van der Waals surface area contributed by atoms with Crippen LogP contribution in [0.3, 0.4) is 0 Å². The maximum atomic E-state index is 11.6. The predicted octanol–water partition coefficient (Wildman–Crippen LogP) is 3.28. The van der Waals surface area contributed by atoms with Gasteiger partial charge in [-0.1, -0.05) is 11.6 Å². The standard InChI is InChI=1S/C16H17ClN2O2/c1-21-16(20)11-5-8-19(9-6-11)15-4-7-18-14-10-12(17)2-3-13(14)15/h2-4,7,10-11H,5-6,8-9H2,1H3. The van der Waals surface area contributed by atoms with Crippen LogP contribution >= 0.6 is 11.6 Å². The van der Waals surface area contributed by atoms with Gasteiger partial charge in [0, 0.05) is 35.4 Å². The van der Waals surface area contributed by atoms with Gasteiger partial charge in [0.1, 0.15) is 0 Å². The first-order chi connectivity index (χ1) is 10.2. The van der Waals surface area contributed by atoms with Gasteiger partial charge in [0.25, 0.3) is 0 Å². The molecule has 3 rings (SSSR count). The first-order valence-electron chi connectivity index (χ1n) is 7.06. The summed E-state index contributed by atoms with van der Waals surface area (Å²) in [6, 6.07) is 7.79. The van der Waals surface area contributed by atoms with Crippen molar-refractivity contribution in [1.82, 2.24) is 4.98 Å². The van der Waals surface area contributed by atoms with Crippen molar-refractivity contribution in [1.29, 1.82) is 0 Å². The lowest BCUT2D eigenvalue weighted by molar-refractivity contribution is -0.146. The van der Waals surface area contributed by atoms with Gasteiger partial charge in [0.05, 0.1) is 18.5 Å². The topological polar surface area (TPSA) is 42.4 Å². The normalized spacial score (nSPS) is 16.2. The molecule has 2 heterocycles. The van der Waals surface area contributed by atoms with E-state index in [1.807, 2.05) is 24.3 Å². The second-order valence-corrected chi connectivity index (χ2v) is 5.71. The molecule has 4 nitrogen and oxygen atoms in total. The minimum atomic E-state index is -0.0963. The zero-order valence-corrected chi connectivity index (χ0v) is 12.6. The number of pyridine rings is 1. The van der Waals surface area contributed by atoms with Crippen LogP contribution in [0.15, 0.2) is 30.5 Å². The number of nitrogens with zero attached hydrogens (tertiary/aromatic N) is 2. The highest BCUT2D eigenvalue weighted by Crippen LogP contribution is 2.30. The Bertz CT molecular complexity index is 666. The molecule has 1 aliphatic rings. The molecule has 1 fully saturated rings. The number of aromatic nitrogens is 1. The number of benzene rings is 1. The Morgan fingerprint density at radius 2 is 2.10 bits per heavy atom. The number of carbonyl (C=O) groups is 1. The van der Waals surface area contributed by atoms with E-state index in [2.05, 4.69) is 9.88 Å². The third kappa shape index (κ3) is 2.81. The highest BCUT2D eigenvalue weighted by atomic mass is 35.5. The van der Waals surface area contributed by atoms with E-state index in [0.29, 0.717) is 5.02 Å². The van der Waals surface area contributed by atoms with Crippen molar-refractivity contribution in [3.8, 4) is 0 Å². The van der Waals surface area contributed by atoms with Gasteiger partial charge in [-0.05, 0) is 37.1 Å². The first-order valence-corrected chi connectivity index (χ1v) is 7.44. The molecule has 0 aliphatic carbocycles. The molecule has 110 valence electrons. The maximum Gasteiger partial charge on any atom is 0.308 e. The van der Waals surface area contributed by atoms with Crippen molar-refractivity contribution >= 4 is 34.2 Å². The lowest BCUT2D eigenvalue weighted by Crippen LogP contribution is -2.36. The molecule has 5 heteroatoms. The Hall–Kier alpha value is -1.81. The Morgan fingerprint density at radius 3 is 2.81 bits per heavy atom. The summed E-state index contributed by atoms with van der Waals surface area (Å²) in [5, 5.41) is 1.79. The van der Waals surface area contributed by atoms with Crippen LogP contribution < -0.4 is 4.90 Å². The van der Waals surface area contributed by atoms with Crippen LogP contribution in [-0.4, -0.2) is 31.2 Å². The molecular formula is C16H17ClN2O2. The van der Waals surface area contributed by atoms with Crippen molar-refractivity contribution in [2.75, 3.05) is 25.1 Å². The van der Waals surface area contributed by atoms with E-state index in [1.165, 1.54) is 7.11 Å². The molecule has 0 amide bonds. The number of anilines is 1. The SMILES string of the molecule is COC(=O)C1CCN(c2ccnc3cc(Cl)ccc23)CC1. The lowest BCUT2D eigenvalue weighted by Gasteiger charge is -2.33. The van der Waals surface area contributed by atoms with Crippen LogP contribution in [0, 0.1) is 5.92 Å². The molecule has 21 heavy (non-hydrogen) atoms. The summed E-state index contributed by atoms with van der Waals surface area (Å²) < 4.78 is 4.83. The predicted molar refractivity (Wildman–Crippen MR) is 83.7 cm³/mol. The number of piperidine rings is 1. The van der Waals surface area contributed by atoms with Gasteiger partial charge in [-0.3, -0.25) is 9.78 Å². The Balaban J connectivity index is 1.84. The number of rotatable bonds is 2. The minimum absolute atomic E-state index is 0.0220. The summed E-state index contributed by atoms with van der Waals surface area (Å²) in [5.41, 5.74) is 2.05. The highest BCUT2D eigenvalue weighted by molar-refractivity contribution is 6.31. The molecule has 2 aromatic rings. The molecule has 1 aliphatic heterocycles. The summed E-state index contributed by atoms with van der Waals surface area (Å²) in [5.74, 6) is -0.0742. The van der Waals surface area contributed by atoms with Crippen LogP contribution in [0.1, 0.15) is 12.8 Å². The van der Waals surface area contributed by atoms with Gasteiger partial charge in [0.2, 0.25) is 0 Å². The minimum Gasteiger partial charge on any atom is -0.469 e. The highest BCUT2D eigenvalue weighted by Gasteiger charge is 2.26. The van der Waals surface area contributed by atoms with Crippen molar-refractivity contribution in [3.05, 3.63) is 35.5 Å². The third-order valence-corrected chi connectivity index (χ3v) is 4.29. The fourth-order valence-electron chi connectivity index (χ4n) is 2.90. The number of carbonyl (C=O) groups excluding carboxylic acids is 1. The smallest absolute Gasteiger partial charge is 0.308 e. The number of esters is 1. The van der Waals surface area contributed by atoms with E-state index >= 15 is 0 Å². The van der Waals surface area contributed by atoms with Gasteiger partial charge in [-0.2, -0.15) is 0 Å². The Labute approximate surface area is 128 Å². The fraction of sp³-hybridized carbons (Fsp3) is 0.375. The molecule has 0 saturated carbocycles. The quantitative estimate of drug-likeness (QED) is 0.799. The van der Waals surface area contributed by atoms with Crippen LogP contribution in [0.4, 0.5) is 5.69 Å². The van der Waals surface area contributed by atoms with Gasteiger partial charge in [-0.25, -0.2) is 0 Å². The largest absolute Gasteiger partial charge is 0.469 e. The monoisotopic (exact) mass is 304 g/mol. The van der Waals surface area contributed by atoms with Crippen LogP contribution in [0.2, 0.25) is 5.02 Å². The van der Waals surface area contributed by atoms with Crippen LogP contribution in [-0.2, 0) is 9.53 Å². The number of fused-ring (bicyclic) bond motifs is 1. The number of methoxy groups -OCH3 is 1. The van der Waals surface area contributed by atoms with Gasteiger partial charge < -0.3 is 9.64 Å². The van der Waals surface area contributed by atoms with E-state index in [-0.39, 0.29) is 11.9 Å². The van der Waals surface area contributed by atoms with Crippen molar-refractivity contribution < 1.29 is 9.53 Å². The summed E-state index contributed by atoms with van der Waals surface area (Å²) in [4.78, 5) is 18.3. The number of hydrogen-bond donors (Lipinski definition) is 0. The van der Waals surface area contributed by atoms with E-state index in [0.717, 1.165) is 42.5 Å². The maximum absolute atomic E-state index is 11.6. The summed E-state index contributed by atoms with van der Waals surface area (Å²) in [6.45, 7) is 1.70. The molecule has 0 unspecified atom stereocenters. The molecule has 0 bridgehead atoms. The fourth-order valence-corrected chi connectivity index (χ4v) is 3.07. The van der Waals surface area contributed by atoms with Crippen molar-refractivity contribution in [2.45, 2.75) is 12.8 Å². The molecule has 0 radical (unpaired) electrons. The molecular weight excluding hydrogens is 288 g/mol. The van der Waals surface area contributed by atoms with Gasteiger partial charge in [0.15, 0.2) is 0 Å². The van der Waals surface area contributed by atoms with E-state index in [4.69, 9.17) is 16.3 Å². The van der Waals surface area contributed by atoms with Crippen LogP contribution in [0.25, 0.3) is 10.9 Å². The number of halogens is 1. The van der Waals surface area contributed by atoms with Crippen molar-refractivity contribution in [2.24, 2.45) is 5.92 Å². The first kappa shape index (κ1) is 14.1. The zero-order valence-electron chi connectivity index (χ0n) is 11.9. The summed E-state index contributed by atoms with van der Waals surface area (Å²) in [6.07, 6.45) is 3.45. The Morgan fingerprint density at radius 1 is 1.33 bits per heavy atom. The average molecular weight is 305 g/mol. The van der Waals surface area contributed by atoms with E-state index in [1.54, 1.807) is 6.20 Å². The zero-order chi connectivity index (χ0) is 14.8. The molecule has 0 N–H and O–H groups in total. The molecule has 1 aromatic carbocycles. The van der Waals surface area contributed by atoms with Crippen molar-refractivity contribution in [3.63, 3.8) is 0 Å². The van der Waals surface area contributed by atoms with Gasteiger partial charge >= 0.3 is 5.97 Å². The Kier molecular flexibility index (Phi) is 3.97. The summed E-state index contributed by atoms with van der Waals surface area (Å²) >= 11 is 6.02. The second-order valence-electron chi connectivity index (χ2n) is 5.28. The summed E-state index contributed by atoms with van der Waals surface area (Å²) in [7, 11) is 1.45. The molecule has 0 atom stereocenters. The van der Waals surface area contributed by atoms with E-state index < -0.39 is 0 Å². The lowest BCUT2D eigenvalue weighted by atomic mass is 9.96. The third-order valence-electron chi connectivity index (χ3n) is 4.05. The van der Waals surface area contributed by atoms with Gasteiger partial charge in [-0.15, -0.1) is 0 Å². The van der Waals surface area contributed by atoms with E-state index in [9.17, 15) is 4.79 Å². The van der Waals surface area contributed by atoms with Crippen LogP contribution in [0.5, 0.6) is 0 Å². The number of ether oxygens (including phenoxy) is 1. The number of hydrogen-bond acceptors (Lipinski definition) is 4. The second kappa shape index (κ2) is 5.90. The average Bonchev–Trinajstić information content (AvgIpc) is 2.53. The molecule has 0 spiro atoms.